The lowest BCUT2D eigenvalue weighted by Gasteiger charge is -2.44. The van der Waals surface area contributed by atoms with E-state index in [1.165, 1.54) is 25.8 Å². The van der Waals surface area contributed by atoms with Crippen LogP contribution in [0.25, 0.3) is 0 Å². The smallest absolute Gasteiger partial charge is 0.0728 e. The summed E-state index contributed by atoms with van der Waals surface area (Å²) in [6, 6.07) is 1.89. The Balaban J connectivity index is 1.97. The fraction of sp³-hybridized carbons (Fsp3) is 1.00. The summed E-state index contributed by atoms with van der Waals surface area (Å²) in [4.78, 5) is 2.66. The van der Waals surface area contributed by atoms with Crippen LogP contribution in [0.2, 0.25) is 0 Å². The Labute approximate surface area is 99.5 Å². The average molecular weight is 226 g/mol. The maximum absolute atomic E-state index is 5.83. The molecular weight excluding hydrogens is 200 g/mol. The summed E-state index contributed by atoms with van der Waals surface area (Å²) in [7, 11) is 0. The first-order chi connectivity index (χ1) is 7.72. The third-order valence-electron chi connectivity index (χ3n) is 4.15. The van der Waals surface area contributed by atoms with E-state index in [1.807, 2.05) is 0 Å². The van der Waals surface area contributed by atoms with Crippen LogP contribution in [0, 0.1) is 0 Å². The van der Waals surface area contributed by atoms with E-state index in [4.69, 9.17) is 4.74 Å². The molecule has 0 bridgehead atoms. The number of hydrogen-bond acceptors (Lipinski definition) is 3. The van der Waals surface area contributed by atoms with Crippen LogP contribution in [-0.4, -0.2) is 48.8 Å². The summed E-state index contributed by atoms with van der Waals surface area (Å²) in [5.41, 5.74) is 0. The Morgan fingerprint density at radius 3 is 2.94 bits per heavy atom. The predicted octanol–water partition coefficient (Wildman–Crippen LogP) is 1.63. The molecule has 16 heavy (non-hydrogen) atoms. The van der Waals surface area contributed by atoms with Gasteiger partial charge in [-0.25, -0.2) is 0 Å². The molecule has 2 rings (SSSR count). The molecule has 0 aromatic carbocycles. The molecule has 2 fully saturated rings. The van der Waals surface area contributed by atoms with E-state index in [0.717, 1.165) is 13.2 Å². The lowest BCUT2D eigenvalue weighted by molar-refractivity contribution is -0.00369. The van der Waals surface area contributed by atoms with Crippen LogP contribution < -0.4 is 5.32 Å². The molecule has 0 radical (unpaired) electrons. The predicted molar refractivity (Wildman–Crippen MR) is 66.7 cm³/mol. The van der Waals surface area contributed by atoms with Crippen molar-refractivity contribution >= 4 is 0 Å². The van der Waals surface area contributed by atoms with Crippen molar-refractivity contribution in [3.05, 3.63) is 0 Å². The van der Waals surface area contributed by atoms with Gasteiger partial charge in [-0.2, -0.15) is 0 Å². The lowest BCUT2D eigenvalue weighted by Crippen LogP contribution is -2.60. The minimum absolute atomic E-state index is 0.472. The standard InChI is InChI=1S/C13H26N2O/c1-4-12-8-14-10(2)9-15(12)11(3)13-6-5-7-16-13/h10-14H,4-9H2,1-3H3. The quantitative estimate of drug-likeness (QED) is 0.791. The summed E-state index contributed by atoms with van der Waals surface area (Å²) in [5.74, 6) is 0. The third kappa shape index (κ3) is 2.58. The molecule has 0 saturated carbocycles. The Morgan fingerprint density at radius 2 is 2.31 bits per heavy atom. The number of piperazine rings is 1. The highest BCUT2D eigenvalue weighted by atomic mass is 16.5. The van der Waals surface area contributed by atoms with Gasteiger partial charge in [0, 0.05) is 37.8 Å². The van der Waals surface area contributed by atoms with Crippen LogP contribution in [-0.2, 0) is 4.74 Å². The van der Waals surface area contributed by atoms with Crippen molar-refractivity contribution in [2.45, 2.75) is 64.3 Å². The van der Waals surface area contributed by atoms with Gasteiger partial charge in [0.15, 0.2) is 0 Å². The Hall–Kier alpha value is -0.120. The molecule has 0 aromatic heterocycles. The summed E-state index contributed by atoms with van der Waals surface area (Å²) in [6.07, 6.45) is 4.19. The topological polar surface area (TPSA) is 24.5 Å². The highest BCUT2D eigenvalue weighted by Crippen LogP contribution is 2.23. The van der Waals surface area contributed by atoms with Gasteiger partial charge in [0.05, 0.1) is 6.10 Å². The molecule has 94 valence electrons. The SMILES string of the molecule is CCC1CNC(C)CN1C(C)C1CCCO1. The molecule has 2 aliphatic rings. The summed E-state index contributed by atoms with van der Waals surface area (Å²) >= 11 is 0. The van der Waals surface area contributed by atoms with Crippen molar-refractivity contribution in [1.29, 1.82) is 0 Å². The molecule has 3 heteroatoms. The van der Waals surface area contributed by atoms with Gasteiger partial charge in [-0.05, 0) is 33.1 Å². The van der Waals surface area contributed by atoms with E-state index in [9.17, 15) is 0 Å². The van der Waals surface area contributed by atoms with E-state index >= 15 is 0 Å². The molecule has 0 spiro atoms. The van der Waals surface area contributed by atoms with Gasteiger partial charge in [-0.15, -0.1) is 0 Å². The monoisotopic (exact) mass is 226 g/mol. The van der Waals surface area contributed by atoms with Gasteiger partial charge < -0.3 is 10.1 Å². The second-order valence-corrected chi connectivity index (χ2v) is 5.36. The molecule has 4 unspecified atom stereocenters. The maximum atomic E-state index is 5.83. The first-order valence-electron chi connectivity index (χ1n) is 6.83. The molecule has 0 aromatic rings. The molecular formula is C13H26N2O. The second-order valence-electron chi connectivity index (χ2n) is 5.36. The molecule has 1 N–H and O–H groups in total. The van der Waals surface area contributed by atoms with Gasteiger partial charge in [-0.3, -0.25) is 4.90 Å². The van der Waals surface area contributed by atoms with E-state index in [1.54, 1.807) is 0 Å². The molecule has 2 aliphatic heterocycles. The van der Waals surface area contributed by atoms with Gasteiger partial charge in [0.1, 0.15) is 0 Å². The number of rotatable bonds is 3. The molecule has 0 aliphatic carbocycles. The van der Waals surface area contributed by atoms with Crippen LogP contribution >= 0.6 is 0 Å². The number of hydrogen-bond donors (Lipinski definition) is 1. The average Bonchev–Trinajstić information content (AvgIpc) is 2.81. The molecule has 4 atom stereocenters. The Bertz CT molecular complexity index is 216. The molecule has 2 heterocycles. The number of ether oxygens (including phenoxy) is 1. The van der Waals surface area contributed by atoms with Crippen molar-refractivity contribution in [1.82, 2.24) is 10.2 Å². The number of nitrogens with zero attached hydrogens (tertiary/aromatic N) is 1. The molecule has 0 amide bonds. The highest BCUT2D eigenvalue weighted by molar-refractivity contribution is 4.90. The summed E-state index contributed by atoms with van der Waals surface area (Å²) < 4.78 is 5.83. The largest absolute Gasteiger partial charge is 0.377 e. The maximum Gasteiger partial charge on any atom is 0.0728 e. The van der Waals surface area contributed by atoms with Gasteiger partial charge in [0.2, 0.25) is 0 Å². The van der Waals surface area contributed by atoms with Crippen LogP contribution in [0.1, 0.15) is 40.0 Å². The minimum Gasteiger partial charge on any atom is -0.377 e. The molecule has 2 saturated heterocycles. The normalized spacial score (nSPS) is 38.8. The van der Waals surface area contributed by atoms with E-state index in [0.29, 0.717) is 24.2 Å². The zero-order chi connectivity index (χ0) is 11.5. The van der Waals surface area contributed by atoms with Crippen molar-refractivity contribution in [2.24, 2.45) is 0 Å². The van der Waals surface area contributed by atoms with Crippen molar-refractivity contribution < 1.29 is 4.74 Å². The second kappa shape index (κ2) is 5.48. The zero-order valence-corrected chi connectivity index (χ0v) is 10.9. The first kappa shape index (κ1) is 12.3. The Morgan fingerprint density at radius 1 is 1.50 bits per heavy atom. The van der Waals surface area contributed by atoms with E-state index in [-0.39, 0.29) is 0 Å². The van der Waals surface area contributed by atoms with Gasteiger partial charge in [0.25, 0.3) is 0 Å². The van der Waals surface area contributed by atoms with Crippen molar-refractivity contribution in [3.63, 3.8) is 0 Å². The van der Waals surface area contributed by atoms with Crippen molar-refractivity contribution in [3.8, 4) is 0 Å². The van der Waals surface area contributed by atoms with Gasteiger partial charge in [-0.1, -0.05) is 6.92 Å². The number of nitrogens with one attached hydrogen (secondary N) is 1. The van der Waals surface area contributed by atoms with Crippen LogP contribution in [0.15, 0.2) is 0 Å². The lowest BCUT2D eigenvalue weighted by atomic mass is 10.0. The third-order valence-corrected chi connectivity index (χ3v) is 4.15. The fourth-order valence-corrected chi connectivity index (χ4v) is 3.06. The zero-order valence-electron chi connectivity index (χ0n) is 10.9. The van der Waals surface area contributed by atoms with E-state index < -0.39 is 0 Å². The van der Waals surface area contributed by atoms with Gasteiger partial charge >= 0.3 is 0 Å². The summed E-state index contributed by atoms with van der Waals surface area (Å²) in [5, 5.41) is 3.58. The first-order valence-corrected chi connectivity index (χ1v) is 6.83. The highest BCUT2D eigenvalue weighted by Gasteiger charge is 2.33. The van der Waals surface area contributed by atoms with Crippen LogP contribution in [0.4, 0.5) is 0 Å². The Kier molecular flexibility index (Phi) is 4.22. The molecule has 3 nitrogen and oxygen atoms in total. The fourth-order valence-electron chi connectivity index (χ4n) is 3.06. The summed E-state index contributed by atoms with van der Waals surface area (Å²) in [6.45, 7) is 10.2. The minimum atomic E-state index is 0.472. The van der Waals surface area contributed by atoms with E-state index in [2.05, 4.69) is 31.0 Å². The van der Waals surface area contributed by atoms with Crippen LogP contribution in [0.5, 0.6) is 0 Å². The van der Waals surface area contributed by atoms with Crippen LogP contribution in [0.3, 0.4) is 0 Å². The van der Waals surface area contributed by atoms with Crippen molar-refractivity contribution in [2.75, 3.05) is 19.7 Å².